The lowest BCUT2D eigenvalue weighted by atomic mass is 9.90. The van der Waals surface area contributed by atoms with Gasteiger partial charge in [-0.1, -0.05) is 0 Å². The van der Waals surface area contributed by atoms with Crippen molar-refractivity contribution >= 4 is 18.3 Å². The minimum Gasteiger partial charge on any atom is -0.493 e. The van der Waals surface area contributed by atoms with E-state index in [1.807, 2.05) is 38.5 Å². The number of ether oxygens (including phenoxy) is 3. The van der Waals surface area contributed by atoms with E-state index in [1.54, 1.807) is 18.9 Å². The van der Waals surface area contributed by atoms with Gasteiger partial charge in [0.15, 0.2) is 11.5 Å². The van der Waals surface area contributed by atoms with Crippen molar-refractivity contribution < 1.29 is 19.0 Å². The molecule has 0 radical (unpaired) electrons. The number of amides is 1. The number of methoxy groups -OCH3 is 2. The van der Waals surface area contributed by atoms with Crippen LogP contribution in [0.4, 0.5) is 0 Å². The summed E-state index contributed by atoms with van der Waals surface area (Å²) in [5.74, 6) is 1.75. The smallest absolute Gasteiger partial charge is 0.225 e. The molecule has 1 aromatic carbocycles. The van der Waals surface area contributed by atoms with Gasteiger partial charge in [0.05, 0.1) is 32.9 Å². The minimum absolute atomic E-state index is 0. The van der Waals surface area contributed by atoms with Crippen LogP contribution in [0.3, 0.4) is 0 Å². The van der Waals surface area contributed by atoms with Crippen molar-refractivity contribution in [3.05, 3.63) is 35.7 Å². The molecule has 0 bridgehead atoms. The highest BCUT2D eigenvalue weighted by molar-refractivity contribution is 5.85. The van der Waals surface area contributed by atoms with Gasteiger partial charge in [0.25, 0.3) is 0 Å². The van der Waals surface area contributed by atoms with E-state index >= 15 is 0 Å². The molecule has 2 aromatic rings. The highest BCUT2D eigenvalue weighted by Gasteiger charge is 2.34. The van der Waals surface area contributed by atoms with Gasteiger partial charge in [-0.3, -0.25) is 9.48 Å². The highest BCUT2D eigenvalue weighted by Crippen LogP contribution is 2.38. The third kappa shape index (κ3) is 5.13. The van der Waals surface area contributed by atoms with Gasteiger partial charge >= 0.3 is 0 Å². The van der Waals surface area contributed by atoms with Crippen molar-refractivity contribution in [2.75, 3.05) is 33.9 Å². The summed E-state index contributed by atoms with van der Waals surface area (Å²) in [5, 5.41) is 10.6. The Bertz CT molecular complexity index is 802. The fraction of sp³-hybridized carbons (Fsp3) is 0.500. The number of aryl methyl sites for hydroxylation is 1. The van der Waals surface area contributed by atoms with Crippen molar-refractivity contribution in [3.8, 4) is 17.2 Å². The van der Waals surface area contributed by atoms with E-state index in [2.05, 4.69) is 15.7 Å². The first-order valence-electron chi connectivity index (χ1n) is 9.42. The summed E-state index contributed by atoms with van der Waals surface area (Å²) in [6.45, 7) is 4.22. The zero-order valence-electron chi connectivity index (χ0n) is 17.2. The lowest BCUT2D eigenvalue weighted by molar-refractivity contribution is -0.125. The lowest BCUT2D eigenvalue weighted by Crippen LogP contribution is -2.34. The fourth-order valence-electron chi connectivity index (χ4n) is 3.58. The maximum Gasteiger partial charge on any atom is 0.225 e. The maximum absolute atomic E-state index is 12.8. The van der Waals surface area contributed by atoms with Crippen LogP contribution in [0.2, 0.25) is 0 Å². The normalized spacial score (nSPS) is 18.1. The van der Waals surface area contributed by atoms with Gasteiger partial charge in [-0.15, -0.1) is 12.4 Å². The molecule has 0 saturated carbocycles. The van der Waals surface area contributed by atoms with Gasteiger partial charge in [0, 0.05) is 38.8 Å². The van der Waals surface area contributed by atoms with Gasteiger partial charge in [-0.25, -0.2) is 0 Å². The van der Waals surface area contributed by atoms with Crippen molar-refractivity contribution in [3.63, 3.8) is 0 Å². The quantitative estimate of drug-likeness (QED) is 0.672. The Labute approximate surface area is 177 Å². The molecule has 3 rings (SSSR count). The molecule has 1 aliphatic rings. The molecular formula is C20H29ClN4O4. The van der Waals surface area contributed by atoms with Gasteiger partial charge in [0.1, 0.15) is 0 Å². The van der Waals surface area contributed by atoms with Crippen molar-refractivity contribution in [1.82, 2.24) is 20.4 Å². The largest absolute Gasteiger partial charge is 0.493 e. The topological polar surface area (TPSA) is 86.6 Å². The summed E-state index contributed by atoms with van der Waals surface area (Å²) in [4.78, 5) is 12.8. The van der Waals surface area contributed by atoms with Crippen molar-refractivity contribution in [2.45, 2.75) is 19.4 Å². The van der Waals surface area contributed by atoms with E-state index in [1.165, 1.54) is 0 Å². The van der Waals surface area contributed by atoms with Crippen LogP contribution in [0, 0.1) is 5.92 Å². The highest BCUT2D eigenvalue weighted by atomic mass is 35.5. The number of nitrogens with zero attached hydrogens (tertiary/aromatic N) is 2. The second-order valence-corrected chi connectivity index (χ2v) is 6.80. The van der Waals surface area contributed by atoms with E-state index in [0.717, 1.165) is 17.7 Å². The van der Waals surface area contributed by atoms with Crippen LogP contribution in [0.15, 0.2) is 24.5 Å². The molecule has 1 aliphatic heterocycles. The first-order valence-corrected chi connectivity index (χ1v) is 9.42. The monoisotopic (exact) mass is 424 g/mol. The molecule has 0 spiro atoms. The number of nitrogens with one attached hydrogen (secondary N) is 2. The molecule has 29 heavy (non-hydrogen) atoms. The second-order valence-electron chi connectivity index (χ2n) is 6.80. The summed E-state index contributed by atoms with van der Waals surface area (Å²) in [5.41, 5.74) is 1.96. The number of rotatable bonds is 8. The Morgan fingerprint density at radius 1 is 1.28 bits per heavy atom. The number of aromatic nitrogens is 2. The second kappa shape index (κ2) is 10.4. The van der Waals surface area contributed by atoms with E-state index in [9.17, 15) is 4.79 Å². The average Bonchev–Trinajstić information content (AvgIpc) is 3.35. The first-order chi connectivity index (χ1) is 13.6. The Morgan fingerprint density at radius 2 is 1.97 bits per heavy atom. The van der Waals surface area contributed by atoms with Crippen LogP contribution >= 0.6 is 12.4 Å². The third-order valence-electron chi connectivity index (χ3n) is 4.98. The summed E-state index contributed by atoms with van der Waals surface area (Å²) in [7, 11) is 5.05. The Hall–Kier alpha value is -2.45. The number of carbonyl (C=O) groups is 1. The summed E-state index contributed by atoms with van der Waals surface area (Å²) in [6.07, 6.45) is 3.81. The molecule has 1 saturated heterocycles. The maximum atomic E-state index is 12.8. The van der Waals surface area contributed by atoms with Crippen molar-refractivity contribution in [1.29, 1.82) is 0 Å². The standard InChI is InChI=1S/C20H28N4O4.ClH/c1-5-28-19-17(26-3)6-13(7-18(19)27-4)8-22-20(25)16-11-21-10-15(16)14-9-23-24(2)12-14;/h6-7,9,12,15-16,21H,5,8,10-11H2,1-4H3,(H,22,25);1H/t15-,16+;/m1./s1. The predicted octanol–water partition coefficient (Wildman–Crippen LogP) is 1.88. The van der Waals surface area contributed by atoms with Crippen LogP contribution in [0.5, 0.6) is 17.2 Å². The number of benzene rings is 1. The Kier molecular flexibility index (Phi) is 8.16. The molecule has 1 aromatic heterocycles. The van der Waals surface area contributed by atoms with Gasteiger partial charge in [0.2, 0.25) is 11.7 Å². The molecule has 160 valence electrons. The van der Waals surface area contributed by atoms with Gasteiger partial charge in [-0.2, -0.15) is 5.10 Å². The van der Waals surface area contributed by atoms with Crippen LogP contribution in [-0.2, 0) is 18.4 Å². The van der Waals surface area contributed by atoms with Crippen LogP contribution < -0.4 is 24.8 Å². The SMILES string of the molecule is CCOc1c(OC)cc(CNC(=O)[C@H]2CNC[C@@H]2c2cnn(C)c2)cc1OC.Cl. The molecule has 1 amide bonds. The zero-order valence-corrected chi connectivity index (χ0v) is 18.0. The van der Waals surface area contributed by atoms with Crippen LogP contribution in [0.1, 0.15) is 24.0 Å². The van der Waals surface area contributed by atoms with Crippen molar-refractivity contribution in [2.24, 2.45) is 13.0 Å². The molecule has 2 N–H and O–H groups in total. The van der Waals surface area contributed by atoms with E-state index in [-0.39, 0.29) is 30.2 Å². The number of hydrogen-bond donors (Lipinski definition) is 2. The first kappa shape index (κ1) is 22.8. The molecule has 8 nitrogen and oxygen atoms in total. The fourth-order valence-corrected chi connectivity index (χ4v) is 3.58. The third-order valence-corrected chi connectivity index (χ3v) is 4.98. The van der Waals surface area contributed by atoms with E-state index < -0.39 is 0 Å². The van der Waals surface area contributed by atoms with E-state index in [0.29, 0.717) is 36.9 Å². The molecule has 0 aliphatic carbocycles. The number of halogens is 1. The zero-order chi connectivity index (χ0) is 20.1. The molecule has 2 heterocycles. The average molecular weight is 425 g/mol. The summed E-state index contributed by atoms with van der Waals surface area (Å²) in [6, 6.07) is 3.72. The predicted molar refractivity (Wildman–Crippen MR) is 112 cm³/mol. The van der Waals surface area contributed by atoms with Gasteiger partial charge < -0.3 is 24.8 Å². The molecular weight excluding hydrogens is 396 g/mol. The molecule has 0 unspecified atom stereocenters. The Morgan fingerprint density at radius 3 is 2.52 bits per heavy atom. The number of hydrogen-bond acceptors (Lipinski definition) is 6. The molecule has 9 heteroatoms. The lowest BCUT2D eigenvalue weighted by Gasteiger charge is -2.18. The van der Waals surface area contributed by atoms with Crippen LogP contribution in [0.25, 0.3) is 0 Å². The summed E-state index contributed by atoms with van der Waals surface area (Å²) < 4.78 is 18.2. The minimum atomic E-state index is -0.129. The number of carbonyl (C=O) groups excluding carboxylic acids is 1. The Balaban J connectivity index is 0.00000300. The molecule has 2 atom stereocenters. The summed E-state index contributed by atoms with van der Waals surface area (Å²) >= 11 is 0. The molecule has 1 fully saturated rings. The van der Waals surface area contributed by atoms with Gasteiger partial charge in [-0.05, 0) is 30.2 Å². The van der Waals surface area contributed by atoms with Crippen LogP contribution in [-0.4, -0.2) is 49.6 Å². The van der Waals surface area contributed by atoms with E-state index in [4.69, 9.17) is 14.2 Å².